The fraction of sp³-hybridized carbons (Fsp3) is 0.474. The molecule has 2 fully saturated rings. The van der Waals surface area contributed by atoms with Crippen LogP contribution in [0, 0.1) is 5.92 Å². The first-order chi connectivity index (χ1) is 12.2. The molecule has 1 aliphatic heterocycles. The standard InChI is InChI=1S/C19H22ClN3O2/c20-18-17(21-10-13-2-1-9-25-12-13)11-22-23(19(18)24)16-7-5-15(6-8-16)14-3-4-14/h5-8,11,13-14,21H,1-4,9-10,12H2/t13-/m1/s1. The quantitative estimate of drug-likeness (QED) is 0.886. The zero-order valence-electron chi connectivity index (χ0n) is 14.1. The minimum Gasteiger partial charge on any atom is -0.382 e. The first kappa shape index (κ1) is 16.6. The van der Waals surface area contributed by atoms with Crippen LogP contribution in [-0.2, 0) is 4.74 Å². The number of nitrogens with one attached hydrogen (secondary N) is 1. The maximum Gasteiger partial charge on any atom is 0.292 e. The van der Waals surface area contributed by atoms with Gasteiger partial charge in [0.2, 0.25) is 0 Å². The summed E-state index contributed by atoms with van der Waals surface area (Å²) in [6, 6.07) is 8.02. The normalized spacial score (nSPS) is 20.4. The summed E-state index contributed by atoms with van der Waals surface area (Å²) >= 11 is 6.29. The van der Waals surface area contributed by atoms with Crippen LogP contribution in [0.15, 0.2) is 35.3 Å². The molecule has 5 nitrogen and oxygen atoms in total. The van der Waals surface area contributed by atoms with Crippen LogP contribution in [0.4, 0.5) is 5.69 Å². The third-order valence-electron chi connectivity index (χ3n) is 4.94. The smallest absolute Gasteiger partial charge is 0.292 e. The molecule has 1 aromatic heterocycles. The third-order valence-corrected chi connectivity index (χ3v) is 5.31. The molecule has 1 saturated carbocycles. The van der Waals surface area contributed by atoms with Crippen molar-refractivity contribution >= 4 is 17.3 Å². The predicted octanol–water partition coefficient (Wildman–Crippen LogP) is 3.60. The molecular formula is C19H22ClN3O2. The van der Waals surface area contributed by atoms with E-state index in [0.717, 1.165) is 38.3 Å². The number of benzene rings is 1. The van der Waals surface area contributed by atoms with E-state index in [-0.39, 0.29) is 10.6 Å². The number of aromatic nitrogens is 2. The van der Waals surface area contributed by atoms with Crippen molar-refractivity contribution in [2.24, 2.45) is 5.92 Å². The fourth-order valence-electron chi connectivity index (χ4n) is 3.27. The Balaban J connectivity index is 1.50. The highest BCUT2D eigenvalue weighted by atomic mass is 35.5. The molecule has 0 amide bonds. The molecule has 1 aromatic carbocycles. The largest absolute Gasteiger partial charge is 0.382 e. The van der Waals surface area contributed by atoms with E-state index in [2.05, 4.69) is 22.5 Å². The van der Waals surface area contributed by atoms with E-state index in [1.165, 1.54) is 23.1 Å². The highest BCUT2D eigenvalue weighted by molar-refractivity contribution is 6.32. The van der Waals surface area contributed by atoms with E-state index >= 15 is 0 Å². The van der Waals surface area contributed by atoms with Crippen LogP contribution in [-0.4, -0.2) is 29.5 Å². The van der Waals surface area contributed by atoms with Crippen molar-refractivity contribution in [3.05, 3.63) is 51.4 Å². The van der Waals surface area contributed by atoms with E-state index in [1.807, 2.05) is 12.1 Å². The van der Waals surface area contributed by atoms with Crippen LogP contribution < -0.4 is 10.9 Å². The van der Waals surface area contributed by atoms with Gasteiger partial charge >= 0.3 is 0 Å². The van der Waals surface area contributed by atoms with Crippen LogP contribution in [0.5, 0.6) is 0 Å². The lowest BCUT2D eigenvalue weighted by molar-refractivity contribution is 0.0595. The van der Waals surface area contributed by atoms with Crippen molar-refractivity contribution in [3.8, 4) is 5.69 Å². The molecule has 4 rings (SSSR count). The lowest BCUT2D eigenvalue weighted by Crippen LogP contribution is -2.26. The summed E-state index contributed by atoms with van der Waals surface area (Å²) in [7, 11) is 0. The van der Waals surface area contributed by atoms with Crippen LogP contribution in [0.3, 0.4) is 0 Å². The van der Waals surface area contributed by atoms with Gasteiger partial charge in [-0.2, -0.15) is 9.78 Å². The van der Waals surface area contributed by atoms with Gasteiger partial charge in [0.05, 0.1) is 24.2 Å². The summed E-state index contributed by atoms with van der Waals surface area (Å²) in [4.78, 5) is 12.6. The molecule has 2 aromatic rings. The van der Waals surface area contributed by atoms with Crippen molar-refractivity contribution < 1.29 is 4.74 Å². The Kier molecular flexibility index (Phi) is 4.77. The van der Waals surface area contributed by atoms with E-state index < -0.39 is 0 Å². The lowest BCUT2D eigenvalue weighted by atomic mass is 10.0. The molecule has 0 bridgehead atoms. The Hall–Kier alpha value is -1.85. The van der Waals surface area contributed by atoms with Gasteiger partial charge in [-0.3, -0.25) is 4.79 Å². The van der Waals surface area contributed by atoms with Crippen LogP contribution in [0.2, 0.25) is 5.02 Å². The lowest BCUT2D eigenvalue weighted by Gasteiger charge is -2.22. The average Bonchev–Trinajstić information content (AvgIpc) is 3.49. The number of ether oxygens (including phenoxy) is 1. The van der Waals surface area contributed by atoms with Crippen molar-refractivity contribution in [3.63, 3.8) is 0 Å². The van der Waals surface area contributed by atoms with Gasteiger partial charge < -0.3 is 10.1 Å². The van der Waals surface area contributed by atoms with E-state index in [0.29, 0.717) is 17.5 Å². The number of hydrogen-bond acceptors (Lipinski definition) is 4. The summed E-state index contributed by atoms with van der Waals surface area (Å²) in [5, 5.41) is 7.71. The number of halogens is 1. The summed E-state index contributed by atoms with van der Waals surface area (Å²) in [6.45, 7) is 2.33. The maximum absolute atomic E-state index is 12.6. The highest BCUT2D eigenvalue weighted by Gasteiger charge is 2.23. The van der Waals surface area contributed by atoms with Crippen molar-refractivity contribution in [1.82, 2.24) is 9.78 Å². The fourth-order valence-corrected chi connectivity index (χ4v) is 3.46. The molecule has 2 aliphatic rings. The predicted molar refractivity (Wildman–Crippen MR) is 98.9 cm³/mol. The van der Waals surface area contributed by atoms with Gasteiger partial charge in [0, 0.05) is 13.2 Å². The summed E-state index contributed by atoms with van der Waals surface area (Å²) in [5.41, 5.74) is 2.35. The van der Waals surface area contributed by atoms with Gasteiger partial charge in [0.15, 0.2) is 0 Å². The topological polar surface area (TPSA) is 56.1 Å². The number of rotatable bonds is 5. The molecule has 0 unspecified atom stereocenters. The van der Waals surface area contributed by atoms with Crippen molar-refractivity contribution in [1.29, 1.82) is 0 Å². The Morgan fingerprint density at radius 3 is 2.72 bits per heavy atom. The molecular weight excluding hydrogens is 338 g/mol. The summed E-state index contributed by atoms with van der Waals surface area (Å²) in [6.07, 6.45) is 6.35. The highest BCUT2D eigenvalue weighted by Crippen LogP contribution is 2.40. The van der Waals surface area contributed by atoms with E-state index in [4.69, 9.17) is 16.3 Å². The van der Waals surface area contributed by atoms with Crippen LogP contribution in [0.25, 0.3) is 5.69 Å². The summed E-state index contributed by atoms with van der Waals surface area (Å²) in [5.74, 6) is 1.14. The SMILES string of the molecule is O=c1c(Cl)c(NC[C@H]2CCCOC2)cnn1-c1ccc(C2CC2)cc1. The second-order valence-corrected chi connectivity index (χ2v) is 7.30. The molecule has 1 atom stereocenters. The Labute approximate surface area is 152 Å². The molecule has 2 heterocycles. The molecule has 1 aliphatic carbocycles. The monoisotopic (exact) mass is 359 g/mol. The molecule has 132 valence electrons. The number of nitrogens with zero attached hydrogens (tertiary/aromatic N) is 2. The average molecular weight is 360 g/mol. The molecule has 1 N–H and O–H groups in total. The van der Waals surface area contributed by atoms with Gasteiger partial charge in [0.25, 0.3) is 5.56 Å². The van der Waals surface area contributed by atoms with Crippen LogP contribution in [0.1, 0.15) is 37.2 Å². The maximum atomic E-state index is 12.6. The zero-order valence-corrected chi connectivity index (χ0v) is 14.8. The molecule has 25 heavy (non-hydrogen) atoms. The minimum atomic E-state index is -0.300. The van der Waals surface area contributed by atoms with Gasteiger partial charge in [-0.1, -0.05) is 23.7 Å². The van der Waals surface area contributed by atoms with Crippen molar-refractivity contribution in [2.45, 2.75) is 31.6 Å². The number of anilines is 1. The minimum absolute atomic E-state index is 0.179. The third kappa shape index (κ3) is 3.72. The first-order valence-electron chi connectivity index (χ1n) is 8.92. The summed E-state index contributed by atoms with van der Waals surface area (Å²) < 4.78 is 6.83. The second-order valence-electron chi connectivity index (χ2n) is 6.92. The first-order valence-corrected chi connectivity index (χ1v) is 9.30. The molecule has 1 saturated heterocycles. The van der Waals surface area contributed by atoms with Crippen molar-refractivity contribution in [2.75, 3.05) is 25.1 Å². The van der Waals surface area contributed by atoms with Gasteiger partial charge in [-0.25, -0.2) is 0 Å². The zero-order chi connectivity index (χ0) is 17.2. The Morgan fingerprint density at radius 1 is 1.24 bits per heavy atom. The van der Waals surface area contributed by atoms with E-state index in [1.54, 1.807) is 6.20 Å². The molecule has 0 radical (unpaired) electrons. The van der Waals surface area contributed by atoms with Gasteiger partial charge in [0.1, 0.15) is 5.02 Å². The van der Waals surface area contributed by atoms with Gasteiger partial charge in [-0.15, -0.1) is 0 Å². The van der Waals surface area contributed by atoms with E-state index in [9.17, 15) is 4.79 Å². The number of hydrogen-bond donors (Lipinski definition) is 1. The second kappa shape index (κ2) is 7.18. The van der Waals surface area contributed by atoms with Gasteiger partial charge in [-0.05, 0) is 55.2 Å². The molecule has 6 heteroatoms. The Bertz CT molecular complexity index is 793. The van der Waals surface area contributed by atoms with Crippen LogP contribution >= 0.6 is 11.6 Å². The molecule has 0 spiro atoms. The Morgan fingerprint density at radius 2 is 2.04 bits per heavy atom.